The summed E-state index contributed by atoms with van der Waals surface area (Å²) in [5.74, 6) is 7.08. The third kappa shape index (κ3) is 6.11. The van der Waals surface area contributed by atoms with Crippen LogP contribution < -0.4 is 19.7 Å². The number of carbonyl (C=O) groups excluding carboxylic acids is 1. The Hall–Kier alpha value is -3.13. The molecule has 0 radical (unpaired) electrons. The van der Waals surface area contributed by atoms with Gasteiger partial charge in [0.2, 0.25) is 0 Å². The molecular weight excluding hydrogens is 316 g/mol. The minimum atomic E-state index is -0.215. The lowest BCUT2D eigenvalue weighted by Gasteiger charge is -2.11. The number of carbonyl (C=O) groups is 1. The lowest BCUT2D eigenvalue weighted by atomic mass is 10.2. The zero-order valence-electron chi connectivity index (χ0n) is 14.7. The van der Waals surface area contributed by atoms with E-state index >= 15 is 0 Å². The van der Waals surface area contributed by atoms with Crippen LogP contribution in [0.2, 0.25) is 0 Å². The first kappa shape index (κ1) is 18.2. The normalized spacial score (nSPS) is 9.56. The van der Waals surface area contributed by atoms with Gasteiger partial charge < -0.3 is 19.7 Å². The quantitative estimate of drug-likeness (QED) is 0.821. The summed E-state index contributed by atoms with van der Waals surface area (Å²) in [5, 5.41) is 2.70. The van der Waals surface area contributed by atoms with E-state index in [-0.39, 0.29) is 19.1 Å². The van der Waals surface area contributed by atoms with Crippen molar-refractivity contribution in [2.75, 3.05) is 39.3 Å². The molecule has 2 aromatic rings. The third-order valence-corrected chi connectivity index (χ3v) is 3.42. The molecule has 0 fully saturated rings. The maximum Gasteiger partial charge on any atom is 0.258 e. The van der Waals surface area contributed by atoms with E-state index in [4.69, 9.17) is 9.47 Å². The van der Waals surface area contributed by atoms with Crippen molar-refractivity contribution in [2.45, 2.75) is 0 Å². The molecule has 0 aliphatic rings. The number of ether oxygens (including phenoxy) is 2. The molecule has 0 saturated heterocycles. The van der Waals surface area contributed by atoms with Crippen LogP contribution in [-0.2, 0) is 4.79 Å². The molecule has 0 unspecified atom stereocenters. The van der Waals surface area contributed by atoms with E-state index in [2.05, 4.69) is 17.2 Å². The Bertz CT molecular complexity index is 741. The highest BCUT2D eigenvalue weighted by atomic mass is 16.5. The van der Waals surface area contributed by atoms with Crippen LogP contribution in [-0.4, -0.2) is 40.3 Å². The van der Waals surface area contributed by atoms with Crippen LogP contribution in [0.25, 0.3) is 0 Å². The van der Waals surface area contributed by atoms with Crippen molar-refractivity contribution in [3.63, 3.8) is 0 Å². The van der Waals surface area contributed by atoms with Crippen molar-refractivity contribution in [3.05, 3.63) is 54.1 Å². The van der Waals surface area contributed by atoms with Gasteiger partial charge in [0.25, 0.3) is 5.91 Å². The van der Waals surface area contributed by atoms with E-state index in [1.54, 1.807) is 31.4 Å². The number of amides is 1. The zero-order valence-corrected chi connectivity index (χ0v) is 14.7. The SMILES string of the molecule is COc1ccc(OCC(=O)NCC#Cc2ccc(N(C)C)cc2)cc1. The van der Waals surface area contributed by atoms with Crippen molar-refractivity contribution in [1.82, 2.24) is 5.32 Å². The Kier molecular flexibility index (Phi) is 6.73. The highest BCUT2D eigenvalue weighted by molar-refractivity contribution is 5.77. The monoisotopic (exact) mass is 338 g/mol. The van der Waals surface area contributed by atoms with E-state index in [9.17, 15) is 4.79 Å². The van der Waals surface area contributed by atoms with Crippen LogP contribution in [0.4, 0.5) is 5.69 Å². The molecule has 0 heterocycles. The standard InChI is InChI=1S/C20H22N2O3/c1-22(2)17-8-6-16(7-9-17)5-4-14-21-20(23)15-25-19-12-10-18(24-3)11-13-19/h6-13H,14-15H2,1-3H3,(H,21,23). The van der Waals surface area contributed by atoms with E-state index in [0.717, 1.165) is 17.0 Å². The van der Waals surface area contributed by atoms with Gasteiger partial charge in [-0.3, -0.25) is 4.79 Å². The summed E-state index contributed by atoms with van der Waals surface area (Å²) in [6, 6.07) is 15.0. The first-order valence-electron chi connectivity index (χ1n) is 7.88. The molecule has 0 spiro atoms. The Morgan fingerprint density at radius 3 is 2.28 bits per heavy atom. The van der Waals surface area contributed by atoms with Gasteiger partial charge in [-0.05, 0) is 48.5 Å². The summed E-state index contributed by atoms with van der Waals surface area (Å²) < 4.78 is 10.5. The summed E-state index contributed by atoms with van der Waals surface area (Å²) in [6.45, 7) is 0.228. The second kappa shape index (κ2) is 9.24. The summed E-state index contributed by atoms with van der Waals surface area (Å²) in [4.78, 5) is 13.8. The van der Waals surface area contributed by atoms with Gasteiger partial charge in [0.05, 0.1) is 13.7 Å². The minimum absolute atomic E-state index is 0.0501. The van der Waals surface area contributed by atoms with Crippen molar-refractivity contribution in [2.24, 2.45) is 0 Å². The van der Waals surface area contributed by atoms with Gasteiger partial charge >= 0.3 is 0 Å². The van der Waals surface area contributed by atoms with Gasteiger partial charge in [-0.2, -0.15) is 0 Å². The first-order valence-corrected chi connectivity index (χ1v) is 7.88. The van der Waals surface area contributed by atoms with Crippen molar-refractivity contribution in [1.29, 1.82) is 0 Å². The van der Waals surface area contributed by atoms with Crippen LogP contribution in [0.1, 0.15) is 5.56 Å². The number of nitrogens with one attached hydrogen (secondary N) is 1. The van der Waals surface area contributed by atoms with Crippen LogP contribution in [0.3, 0.4) is 0 Å². The predicted molar refractivity (Wildman–Crippen MR) is 99.1 cm³/mol. The van der Waals surface area contributed by atoms with Gasteiger partial charge in [-0.25, -0.2) is 0 Å². The molecule has 0 saturated carbocycles. The van der Waals surface area contributed by atoms with E-state index in [1.807, 2.05) is 43.3 Å². The van der Waals surface area contributed by atoms with E-state index in [1.165, 1.54) is 0 Å². The fraction of sp³-hybridized carbons (Fsp3) is 0.250. The van der Waals surface area contributed by atoms with Gasteiger partial charge in [0.15, 0.2) is 6.61 Å². The van der Waals surface area contributed by atoms with Crippen LogP contribution in [0.5, 0.6) is 11.5 Å². The number of hydrogen-bond acceptors (Lipinski definition) is 4. The Balaban J connectivity index is 1.73. The summed E-state index contributed by atoms with van der Waals surface area (Å²) in [5.41, 5.74) is 2.03. The van der Waals surface area contributed by atoms with Crippen LogP contribution in [0.15, 0.2) is 48.5 Å². The second-order valence-corrected chi connectivity index (χ2v) is 5.48. The molecule has 2 rings (SSSR count). The molecular formula is C20H22N2O3. The summed E-state index contributed by atoms with van der Waals surface area (Å²) in [6.07, 6.45) is 0. The maximum absolute atomic E-state index is 11.7. The van der Waals surface area contributed by atoms with Gasteiger partial charge in [-0.15, -0.1) is 0 Å². The van der Waals surface area contributed by atoms with Crippen molar-refractivity contribution < 1.29 is 14.3 Å². The Morgan fingerprint density at radius 2 is 1.68 bits per heavy atom. The molecule has 130 valence electrons. The lowest BCUT2D eigenvalue weighted by molar-refractivity contribution is -0.122. The minimum Gasteiger partial charge on any atom is -0.497 e. The number of hydrogen-bond donors (Lipinski definition) is 1. The molecule has 0 aliphatic carbocycles. The van der Waals surface area contributed by atoms with Gasteiger partial charge in [0.1, 0.15) is 11.5 Å². The Labute approximate surface area is 148 Å². The predicted octanol–water partition coefficient (Wildman–Crippen LogP) is 2.31. The fourth-order valence-corrected chi connectivity index (χ4v) is 2.00. The van der Waals surface area contributed by atoms with Gasteiger partial charge in [0, 0.05) is 25.3 Å². The largest absolute Gasteiger partial charge is 0.497 e. The smallest absolute Gasteiger partial charge is 0.258 e. The molecule has 1 amide bonds. The molecule has 5 nitrogen and oxygen atoms in total. The molecule has 0 atom stereocenters. The van der Waals surface area contributed by atoms with Crippen LogP contribution in [0, 0.1) is 11.8 Å². The lowest BCUT2D eigenvalue weighted by Crippen LogP contribution is -2.29. The molecule has 0 aliphatic heterocycles. The molecule has 5 heteroatoms. The number of rotatable bonds is 6. The van der Waals surface area contributed by atoms with E-state index in [0.29, 0.717) is 5.75 Å². The van der Waals surface area contributed by atoms with Gasteiger partial charge in [-0.1, -0.05) is 11.8 Å². The topological polar surface area (TPSA) is 50.8 Å². The van der Waals surface area contributed by atoms with Crippen molar-refractivity contribution in [3.8, 4) is 23.3 Å². The number of nitrogens with zero attached hydrogens (tertiary/aromatic N) is 1. The summed E-state index contributed by atoms with van der Waals surface area (Å²) in [7, 11) is 5.58. The maximum atomic E-state index is 11.7. The highest BCUT2D eigenvalue weighted by Crippen LogP contribution is 2.16. The average molecular weight is 338 g/mol. The molecule has 2 aromatic carbocycles. The average Bonchev–Trinajstić information content (AvgIpc) is 2.64. The zero-order chi connectivity index (χ0) is 18.1. The molecule has 25 heavy (non-hydrogen) atoms. The van der Waals surface area contributed by atoms with E-state index < -0.39 is 0 Å². The highest BCUT2D eigenvalue weighted by Gasteiger charge is 2.01. The number of benzene rings is 2. The number of methoxy groups -OCH3 is 1. The first-order chi connectivity index (χ1) is 12.1. The number of anilines is 1. The fourth-order valence-electron chi connectivity index (χ4n) is 2.00. The van der Waals surface area contributed by atoms with Crippen molar-refractivity contribution >= 4 is 11.6 Å². The van der Waals surface area contributed by atoms with Crippen LogP contribution >= 0.6 is 0 Å². The second-order valence-electron chi connectivity index (χ2n) is 5.48. The summed E-state index contributed by atoms with van der Waals surface area (Å²) >= 11 is 0. The Morgan fingerprint density at radius 1 is 1.04 bits per heavy atom. The third-order valence-electron chi connectivity index (χ3n) is 3.42. The molecule has 0 bridgehead atoms. The molecule has 0 aromatic heterocycles. The molecule has 1 N–H and O–H groups in total.